The van der Waals surface area contributed by atoms with Crippen molar-refractivity contribution in [1.82, 2.24) is 20.7 Å². The zero-order chi connectivity index (χ0) is 20.9. The molecular formula is C22H26N4O4. The number of hydrogen-bond donors (Lipinski definition) is 2. The van der Waals surface area contributed by atoms with Gasteiger partial charge in [-0.25, -0.2) is 0 Å². The van der Waals surface area contributed by atoms with E-state index < -0.39 is 5.91 Å². The minimum atomic E-state index is -0.468. The van der Waals surface area contributed by atoms with E-state index in [9.17, 15) is 14.4 Å². The number of nitrogens with zero attached hydrogens (tertiary/aromatic N) is 2. The number of rotatable bonds is 7. The molecule has 8 nitrogen and oxygen atoms in total. The molecular weight excluding hydrogens is 384 g/mol. The molecule has 2 aromatic rings. The molecule has 1 aromatic heterocycles. The molecule has 2 aliphatic rings. The summed E-state index contributed by atoms with van der Waals surface area (Å²) in [6.07, 6.45) is 3.94. The summed E-state index contributed by atoms with van der Waals surface area (Å²) in [4.78, 5) is 38.9. The molecule has 1 atom stereocenters. The Morgan fingerprint density at radius 2 is 1.90 bits per heavy atom. The zero-order valence-corrected chi connectivity index (χ0v) is 16.8. The maximum absolute atomic E-state index is 12.5. The summed E-state index contributed by atoms with van der Waals surface area (Å²) in [6.45, 7) is 1.60. The van der Waals surface area contributed by atoms with E-state index in [2.05, 4.69) is 15.8 Å². The van der Waals surface area contributed by atoms with Crippen molar-refractivity contribution in [2.75, 3.05) is 26.2 Å². The van der Waals surface area contributed by atoms with Crippen molar-refractivity contribution in [3.8, 4) is 11.3 Å². The average Bonchev–Trinajstić information content (AvgIpc) is 3.49. The summed E-state index contributed by atoms with van der Waals surface area (Å²) in [5, 5.41) is 9.39. The third-order valence-corrected chi connectivity index (χ3v) is 5.61. The lowest BCUT2D eigenvalue weighted by atomic mass is 9.97. The van der Waals surface area contributed by atoms with Gasteiger partial charge in [-0.3, -0.25) is 14.4 Å². The molecule has 30 heavy (non-hydrogen) atoms. The fourth-order valence-electron chi connectivity index (χ4n) is 3.61. The Labute approximate surface area is 175 Å². The number of carbonyl (C=O) groups excluding carboxylic acids is 3. The molecule has 0 bridgehead atoms. The zero-order valence-electron chi connectivity index (χ0n) is 16.8. The van der Waals surface area contributed by atoms with Gasteiger partial charge in [0.25, 0.3) is 5.91 Å². The van der Waals surface area contributed by atoms with E-state index in [1.165, 1.54) is 12.8 Å². The first-order valence-electron chi connectivity index (χ1n) is 10.5. The van der Waals surface area contributed by atoms with Gasteiger partial charge in [0, 0.05) is 31.3 Å². The third kappa shape index (κ3) is 5.06. The van der Waals surface area contributed by atoms with Gasteiger partial charge in [-0.15, -0.1) is 0 Å². The lowest BCUT2D eigenvalue weighted by Crippen LogP contribution is -2.48. The fraction of sp³-hybridized carbons (Fsp3) is 0.455. The van der Waals surface area contributed by atoms with Crippen LogP contribution < -0.4 is 10.6 Å². The van der Waals surface area contributed by atoms with Crippen molar-refractivity contribution in [2.24, 2.45) is 11.8 Å². The van der Waals surface area contributed by atoms with E-state index in [-0.39, 0.29) is 30.0 Å². The second-order valence-electron chi connectivity index (χ2n) is 7.99. The number of aromatic nitrogens is 1. The normalized spacial score (nSPS) is 18.7. The lowest BCUT2D eigenvalue weighted by Gasteiger charge is -2.32. The van der Waals surface area contributed by atoms with Gasteiger partial charge in [0.05, 0.1) is 12.5 Å². The Bertz CT molecular complexity index is 907. The predicted molar refractivity (Wildman–Crippen MR) is 109 cm³/mol. The van der Waals surface area contributed by atoms with Crippen molar-refractivity contribution in [1.29, 1.82) is 0 Å². The summed E-state index contributed by atoms with van der Waals surface area (Å²) in [5.74, 6) is 0.299. The van der Waals surface area contributed by atoms with Gasteiger partial charge < -0.3 is 20.1 Å². The Kier molecular flexibility index (Phi) is 6.11. The van der Waals surface area contributed by atoms with E-state index in [0.29, 0.717) is 24.8 Å². The highest BCUT2D eigenvalue weighted by Crippen LogP contribution is 2.28. The van der Waals surface area contributed by atoms with Crippen LogP contribution in [0.15, 0.2) is 40.9 Å². The molecule has 158 valence electrons. The predicted octanol–water partition coefficient (Wildman–Crippen LogP) is 1.84. The van der Waals surface area contributed by atoms with Crippen molar-refractivity contribution in [2.45, 2.75) is 25.7 Å². The first kappa shape index (κ1) is 20.1. The van der Waals surface area contributed by atoms with Crippen LogP contribution in [-0.4, -0.2) is 54.0 Å². The lowest BCUT2D eigenvalue weighted by molar-refractivity contribution is -0.134. The Hall–Kier alpha value is -3.16. The van der Waals surface area contributed by atoms with Crippen LogP contribution in [0.1, 0.15) is 36.2 Å². The van der Waals surface area contributed by atoms with Gasteiger partial charge in [-0.05, 0) is 31.6 Å². The standard InChI is InChI=1S/C22H26N4O4/c27-20(26-10-4-7-17(14-26)21(28)23-12-15-8-9-15)13-24-22(29)18-11-19(30-25-18)16-5-2-1-3-6-16/h1-3,5-6,11,15,17H,4,7-10,12-14H2,(H,23,28)(H,24,29). The van der Waals surface area contributed by atoms with Crippen LogP contribution >= 0.6 is 0 Å². The minimum absolute atomic E-state index is 0.0273. The van der Waals surface area contributed by atoms with E-state index in [1.807, 2.05) is 30.3 Å². The highest BCUT2D eigenvalue weighted by Gasteiger charge is 2.30. The number of benzene rings is 1. The molecule has 1 aromatic carbocycles. The van der Waals surface area contributed by atoms with E-state index >= 15 is 0 Å². The maximum atomic E-state index is 12.5. The van der Waals surface area contributed by atoms with Crippen molar-refractivity contribution >= 4 is 17.7 Å². The molecule has 1 saturated heterocycles. The maximum Gasteiger partial charge on any atom is 0.273 e. The van der Waals surface area contributed by atoms with Gasteiger partial charge >= 0.3 is 0 Å². The summed E-state index contributed by atoms with van der Waals surface area (Å²) < 4.78 is 5.23. The minimum Gasteiger partial charge on any atom is -0.356 e. The number of carbonyl (C=O) groups is 3. The van der Waals surface area contributed by atoms with Crippen molar-refractivity contribution in [3.63, 3.8) is 0 Å². The average molecular weight is 410 g/mol. The Morgan fingerprint density at radius 1 is 1.10 bits per heavy atom. The quantitative estimate of drug-likeness (QED) is 0.725. The van der Waals surface area contributed by atoms with Gasteiger partial charge in [0.15, 0.2) is 11.5 Å². The molecule has 0 radical (unpaired) electrons. The second-order valence-corrected chi connectivity index (χ2v) is 7.99. The summed E-state index contributed by atoms with van der Waals surface area (Å²) >= 11 is 0. The number of piperidine rings is 1. The molecule has 0 spiro atoms. The molecule has 1 aliphatic carbocycles. The topological polar surface area (TPSA) is 105 Å². The molecule has 3 amide bonds. The van der Waals surface area contributed by atoms with Crippen LogP contribution in [0.2, 0.25) is 0 Å². The van der Waals surface area contributed by atoms with E-state index in [0.717, 1.165) is 24.9 Å². The van der Waals surface area contributed by atoms with Gasteiger partial charge in [0.1, 0.15) is 0 Å². The van der Waals surface area contributed by atoms with Gasteiger partial charge in [-0.1, -0.05) is 35.5 Å². The van der Waals surface area contributed by atoms with Gasteiger partial charge in [0.2, 0.25) is 11.8 Å². The van der Waals surface area contributed by atoms with Crippen LogP contribution in [0.4, 0.5) is 0 Å². The first-order chi connectivity index (χ1) is 14.6. The van der Waals surface area contributed by atoms with E-state index in [1.54, 1.807) is 11.0 Å². The summed E-state index contributed by atoms with van der Waals surface area (Å²) in [5.41, 5.74) is 0.942. The third-order valence-electron chi connectivity index (χ3n) is 5.61. The highest BCUT2D eigenvalue weighted by molar-refractivity contribution is 5.95. The molecule has 1 unspecified atom stereocenters. The number of nitrogens with one attached hydrogen (secondary N) is 2. The van der Waals surface area contributed by atoms with Crippen molar-refractivity contribution < 1.29 is 18.9 Å². The molecule has 4 rings (SSSR count). The SMILES string of the molecule is O=C(NCC(=O)N1CCCC(C(=O)NCC2CC2)C1)c1cc(-c2ccccc2)on1. The smallest absolute Gasteiger partial charge is 0.273 e. The largest absolute Gasteiger partial charge is 0.356 e. The van der Waals surface area contributed by atoms with Crippen LogP contribution in [0.25, 0.3) is 11.3 Å². The van der Waals surface area contributed by atoms with E-state index in [4.69, 9.17) is 4.52 Å². The van der Waals surface area contributed by atoms with Crippen LogP contribution in [0.5, 0.6) is 0 Å². The molecule has 2 fully saturated rings. The van der Waals surface area contributed by atoms with Crippen LogP contribution in [0.3, 0.4) is 0 Å². The van der Waals surface area contributed by atoms with Gasteiger partial charge in [-0.2, -0.15) is 0 Å². The van der Waals surface area contributed by atoms with Crippen LogP contribution in [-0.2, 0) is 9.59 Å². The molecule has 1 aliphatic heterocycles. The fourth-order valence-corrected chi connectivity index (χ4v) is 3.61. The monoisotopic (exact) mass is 410 g/mol. The summed E-state index contributed by atoms with van der Waals surface area (Å²) in [7, 11) is 0. The van der Waals surface area contributed by atoms with Crippen LogP contribution in [0, 0.1) is 11.8 Å². The molecule has 1 saturated carbocycles. The number of amides is 3. The molecule has 2 N–H and O–H groups in total. The number of likely N-dealkylation sites (tertiary alicyclic amines) is 1. The molecule has 8 heteroatoms. The second kappa shape index (κ2) is 9.11. The summed E-state index contributed by atoms with van der Waals surface area (Å²) in [6, 6.07) is 10.9. The Morgan fingerprint density at radius 3 is 2.67 bits per heavy atom. The number of hydrogen-bond acceptors (Lipinski definition) is 5. The highest BCUT2D eigenvalue weighted by atomic mass is 16.5. The Balaban J connectivity index is 1.26. The van der Waals surface area contributed by atoms with Crippen molar-refractivity contribution in [3.05, 3.63) is 42.1 Å². The molecule has 2 heterocycles. The first-order valence-corrected chi connectivity index (χ1v) is 10.5.